The van der Waals surface area contributed by atoms with Crippen LogP contribution in [0.1, 0.15) is 30.1 Å². The van der Waals surface area contributed by atoms with Crippen molar-refractivity contribution in [1.29, 1.82) is 0 Å². The molecule has 0 bridgehead atoms. The van der Waals surface area contributed by atoms with Gasteiger partial charge in [-0.2, -0.15) is 0 Å². The van der Waals surface area contributed by atoms with Gasteiger partial charge >= 0.3 is 0 Å². The topological polar surface area (TPSA) is 72.5 Å². The van der Waals surface area contributed by atoms with Crippen LogP contribution < -0.4 is 20.1 Å². The van der Waals surface area contributed by atoms with Gasteiger partial charge < -0.3 is 20.1 Å². The Morgan fingerprint density at radius 2 is 1.92 bits per heavy atom. The van der Waals surface area contributed by atoms with Crippen LogP contribution >= 0.6 is 0 Å². The second kappa shape index (κ2) is 8.76. The van der Waals surface area contributed by atoms with E-state index in [1.54, 1.807) is 32.5 Å². The molecule has 2 aromatic rings. The summed E-state index contributed by atoms with van der Waals surface area (Å²) in [7, 11) is 3.17. The number of nitrogens with one attached hydrogen (secondary N) is 2. The molecule has 6 nitrogen and oxygen atoms in total. The van der Waals surface area contributed by atoms with E-state index in [-0.39, 0.29) is 5.91 Å². The van der Waals surface area contributed by atoms with Gasteiger partial charge in [-0.3, -0.25) is 4.79 Å². The summed E-state index contributed by atoms with van der Waals surface area (Å²) in [5, 5.41) is 6.06. The molecule has 0 aliphatic rings. The van der Waals surface area contributed by atoms with Crippen molar-refractivity contribution in [3.63, 3.8) is 0 Å². The Bertz CT molecular complexity index is 689. The molecule has 0 aliphatic heterocycles. The SMILES string of the molecule is CCCCNC(=O)c1ccnc(Nc2ccc(OC)c(OC)c2)c1. The van der Waals surface area contributed by atoms with E-state index >= 15 is 0 Å². The minimum absolute atomic E-state index is 0.0961. The van der Waals surface area contributed by atoms with Gasteiger partial charge in [-0.05, 0) is 30.7 Å². The summed E-state index contributed by atoms with van der Waals surface area (Å²) in [6.45, 7) is 2.76. The molecule has 0 saturated heterocycles. The Labute approximate surface area is 142 Å². The third-order valence-electron chi connectivity index (χ3n) is 3.49. The fourth-order valence-corrected chi connectivity index (χ4v) is 2.18. The molecule has 1 aromatic carbocycles. The summed E-state index contributed by atoms with van der Waals surface area (Å²) in [5.41, 5.74) is 1.37. The highest BCUT2D eigenvalue weighted by Gasteiger charge is 2.08. The number of aromatic nitrogens is 1. The molecule has 0 aliphatic carbocycles. The zero-order valence-electron chi connectivity index (χ0n) is 14.3. The highest BCUT2D eigenvalue weighted by molar-refractivity contribution is 5.94. The third kappa shape index (κ3) is 4.62. The minimum Gasteiger partial charge on any atom is -0.493 e. The van der Waals surface area contributed by atoms with Gasteiger partial charge in [-0.15, -0.1) is 0 Å². The van der Waals surface area contributed by atoms with Gasteiger partial charge in [0.15, 0.2) is 11.5 Å². The smallest absolute Gasteiger partial charge is 0.251 e. The van der Waals surface area contributed by atoms with Crippen molar-refractivity contribution in [1.82, 2.24) is 10.3 Å². The van der Waals surface area contributed by atoms with Gasteiger partial charge in [-0.25, -0.2) is 4.98 Å². The summed E-state index contributed by atoms with van der Waals surface area (Å²) in [4.78, 5) is 16.4. The number of hydrogen-bond donors (Lipinski definition) is 2. The standard InChI is InChI=1S/C18H23N3O3/c1-4-5-9-20-18(22)13-8-10-19-17(11-13)21-14-6-7-15(23-2)16(12-14)24-3/h6-8,10-12H,4-5,9H2,1-3H3,(H,19,21)(H,20,22). The number of rotatable bonds is 8. The number of ether oxygens (including phenoxy) is 2. The van der Waals surface area contributed by atoms with Crippen LogP contribution in [0, 0.1) is 0 Å². The Hall–Kier alpha value is -2.76. The first kappa shape index (κ1) is 17.6. The quantitative estimate of drug-likeness (QED) is 0.727. The van der Waals surface area contributed by atoms with Crippen LogP contribution in [0.3, 0.4) is 0 Å². The van der Waals surface area contributed by atoms with Crippen LogP contribution in [0.4, 0.5) is 11.5 Å². The molecule has 0 atom stereocenters. The Kier molecular flexibility index (Phi) is 6.42. The largest absolute Gasteiger partial charge is 0.493 e. The predicted molar refractivity (Wildman–Crippen MR) is 94.3 cm³/mol. The molecule has 0 spiro atoms. The fourth-order valence-electron chi connectivity index (χ4n) is 2.18. The Morgan fingerprint density at radius 1 is 1.12 bits per heavy atom. The molecule has 2 N–H and O–H groups in total. The van der Waals surface area contributed by atoms with E-state index in [1.807, 2.05) is 18.2 Å². The minimum atomic E-state index is -0.0961. The summed E-state index contributed by atoms with van der Waals surface area (Å²) in [6.07, 6.45) is 3.62. The second-order valence-electron chi connectivity index (χ2n) is 5.23. The number of carbonyl (C=O) groups excluding carboxylic acids is 1. The lowest BCUT2D eigenvalue weighted by molar-refractivity contribution is 0.0953. The molecule has 1 heterocycles. The van der Waals surface area contributed by atoms with Crippen LogP contribution in [0.5, 0.6) is 11.5 Å². The maximum Gasteiger partial charge on any atom is 0.251 e. The van der Waals surface area contributed by atoms with Gasteiger partial charge in [0, 0.05) is 30.1 Å². The molecule has 128 valence electrons. The molecular formula is C18H23N3O3. The molecule has 2 rings (SSSR count). The predicted octanol–water partition coefficient (Wildman–Crippen LogP) is 3.37. The molecule has 0 fully saturated rings. The Balaban J connectivity index is 2.10. The highest BCUT2D eigenvalue weighted by atomic mass is 16.5. The summed E-state index contributed by atoms with van der Waals surface area (Å²) >= 11 is 0. The molecule has 6 heteroatoms. The van der Waals surface area contributed by atoms with E-state index in [0.717, 1.165) is 18.5 Å². The van der Waals surface area contributed by atoms with Crippen LogP contribution in [0.15, 0.2) is 36.5 Å². The zero-order chi connectivity index (χ0) is 17.4. The van der Waals surface area contributed by atoms with Crippen molar-refractivity contribution in [2.24, 2.45) is 0 Å². The summed E-state index contributed by atoms with van der Waals surface area (Å²) < 4.78 is 10.5. The summed E-state index contributed by atoms with van der Waals surface area (Å²) in [6, 6.07) is 8.90. The van der Waals surface area contributed by atoms with Crippen LogP contribution in [-0.2, 0) is 0 Å². The molecule has 0 radical (unpaired) electrons. The monoisotopic (exact) mass is 329 g/mol. The first-order chi connectivity index (χ1) is 11.7. The Morgan fingerprint density at radius 3 is 2.62 bits per heavy atom. The lowest BCUT2D eigenvalue weighted by atomic mass is 10.2. The number of unbranched alkanes of at least 4 members (excludes halogenated alkanes) is 1. The molecular weight excluding hydrogens is 306 g/mol. The fraction of sp³-hybridized carbons (Fsp3) is 0.333. The number of anilines is 2. The molecule has 24 heavy (non-hydrogen) atoms. The molecule has 1 amide bonds. The maximum absolute atomic E-state index is 12.1. The number of benzene rings is 1. The lowest BCUT2D eigenvalue weighted by Crippen LogP contribution is -2.24. The van der Waals surface area contributed by atoms with Crippen molar-refractivity contribution in [2.75, 3.05) is 26.1 Å². The zero-order valence-corrected chi connectivity index (χ0v) is 14.3. The van der Waals surface area contributed by atoms with Gasteiger partial charge in [-0.1, -0.05) is 13.3 Å². The van der Waals surface area contributed by atoms with E-state index in [1.165, 1.54) is 0 Å². The summed E-state index contributed by atoms with van der Waals surface area (Å²) in [5.74, 6) is 1.77. The van der Waals surface area contributed by atoms with E-state index < -0.39 is 0 Å². The van der Waals surface area contributed by atoms with Crippen molar-refractivity contribution >= 4 is 17.4 Å². The van der Waals surface area contributed by atoms with Crippen molar-refractivity contribution in [3.05, 3.63) is 42.1 Å². The van der Waals surface area contributed by atoms with Crippen LogP contribution in [0.2, 0.25) is 0 Å². The van der Waals surface area contributed by atoms with Crippen LogP contribution in [-0.4, -0.2) is 31.7 Å². The molecule has 0 saturated carbocycles. The number of carbonyl (C=O) groups is 1. The number of pyridine rings is 1. The van der Waals surface area contributed by atoms with E-state index in [9.17, 15) is 4.79 Å². The van der Waals surface area contributed by atoms with Gasteiger partial charge in [0.1, 0.15) is 5.82 Å². The normalized spacial score (nSPS) is 10.1. The number of nitrogens with zero attached hydrogens (tertiary/aromatic N) is 1. The van der Waals surface area contributed by atoms with E-state index in [2.05, 4.69) is 22.5 Å². The van der Waals surface area contributed by atoms with E-state index in [4.69, 9.17) is 9.47 Å². The van der Waals surface area contributed by atoms with Gasteiger partial charge in [0.2, 0.25) is 0 Å². The van der Waals surface area contributed by atoms with Crippen LogP contribution in [0.25, 0.3) is 0 Å². The number of amides is 1. The third-order valence-corrected chi connectivity index (χ3v) is 3.49. The van der Waals surface area contributed by atoms with Gasteiger partial charge in [0.25, 0.3) is 5.91 Å². The number of hydrogen-bond acceptors (Lipinski definition) is 5. The van der Waals surface area contributed by atoms with Gasteiger partial charge in [0.05, 0.1) is 14.2 Å². The van der Waals surface area contributed by atoms with Crippen molar-refractivity contribution < 1.29 is 14.3 Å². The first-order valence-corrected chi connectivity index (χ1v) is 7.91. The number of methoxy groups -OCH3 is 2. The highest BCUT2D eigenvalue weighted by Crippen LogP contribution is 2.30. The average molecular weight is 329 g/mol. The van der Waals surface area contributed by atoms with Crippen molar-refractivity contribution in [2.45, 2.75) is 19.8 Å². The van der Waals surface area contributed by atoms with E-state index in [0.29, 0.717) is 29.4 Å². The maximum atomic E-state index is 12.1. The first-order valence-electron chi connectivity index (χ1n) is 7.91. The average Bonchev–Trinajstić information content (AvgIpc) is 2.62. The second-order valence-corrected chi connectivity index (χ2v) is 5.23. The lowest BCUT2D eigenvalue weighted by Gasteiger charge is -2.11. The van der Waals surface area contributed by atoms with Crippen molar-refractivity contribution in [3.8, 4) is 11.5 Å². The molecule has 1 aromatic heterocycles. The molecule has 0 unspecified atom stereocenters.